The van der Waals surface area contributed by atoms with E-state index in [2.05, 4.69) is 12.2 Å². The number of hydrogen-bond acceptors (Lipinski definition) is 3. The molecule has 100 valence electrons. The molecule has 0 amide bonds. The summed E-state index contributed by atoms with van der Waals surface area (Å²) in [4.78, 5) is 0. The van der Waals surface area contributed by atoms with Crippen molar-refractivity contribution in [1.82, 2.24) is 5.32 Å². The maximum Gasteiger partial charge on any atom is 0.0808 e. The van der Waals surface area contributed by atoms with Crippen molar-refractivity contribution < 1.29 is 9.47 Å². The summed E-state index contributed by atoms with van der Waals surface area (Å²) in [5, 5.41) is 3.56. The molecule has 1 saturated carbocycles. The van der Waals surface area contributed by atoms with E-state index in [1.165, 1.54) is 44.9 Å². The largest absolute Gasteiger partial charge is 0.376 e. The average Bonchev–Trinajstić information content (AvgIpc) is 2.39. The summed E-state index contributed by atoms with van der Waals surface area (Å²) in [5.41, 5.74) is 0. The van der Waals surface area contributed by atoms with Crippen molar-refractivity contribution in [2.75, 3.05) is 19.8 Å². The maximum absolute atomic E-state index is 6.10. The molecule has 3 nitrogen and oxygen atoms in total. The van der Waals surface area contributed by atoms with Crippen molar-refractivity contribution in [2.24, 2.45) is 0 Å². The highest BCUT2D eigenvalue weighted by atomic mass is 16.5. The highest BCUT2D eigenvalue weighted by Gasteiger charge is 2.26. The van der Waals surface area contributed by atoms with Crippen LogP contribution in [0.4, 0.5) is 0 Å². The topological polar surface area (TPSA) is 30.5 Å². The minimum absolute atomic E-state index is 0.355. The van der Waals surface area contributed by atoms with Crippen LogP contribution in [0.3, 0.4) is 0 Å². The second-order valence-corrected chi connectivity index (χ2v) is 5.31. The Bertz CT molecular complexity index is 202. The monoisotopic (exact) mass is 241 g/mol. The summed E-state index contributed by atoms with van der Waals surface area (Å²) in [5.74, 6) is 0. The third-order valence-electron chi connectivity index (χ3n) is 3.94. The molecule has 1 saturated heterocycles. The zero-order valence-corrected chi connectivity index (χ0v) is 11.1. The van der Waals surface area contributed by atoms with Gasteiger partial charge in [-0.2, -0.15) is 0 Å². The lowest BCUT2D eigenvalue weighted by Gasteiger charge is -2.33. The molecule has 3 atom stereocenters. The summed E-state index contributed by atoms with van der Waals surface area (Å²) in [6.45, 7) is 4.95. The second-order valence-electron chi connectivity index (χ2n) is 5.31. The van der Waals surface area contributed by atoms with Gasteiger partial charge in [-0.3, -0.25) is 0 Å². The van der Waals surface area contributed by atoms with Gasteiger partial charge in [0.15, 0.2) is 0 Å². The quantitative estimate of drug-likeness (QED) is 0.802. The van der Waals surface area contributed by atoms with E-state index in [0.29, 0.717) is 18.2 Å². The Kier molecular flexibility index (Phi) is 5.75. The molecule has 3 heteroatoms. The molecule has 1 aliphatic heterocycles. The number of nitrogens with one attached hydrogen (secondary N) is 1. The summed E-state index contributed by atoms with van der Waals surface area (Å²) in [6.07, 6.45) is 9.61. The molecule has 0 aromatic heterocycles. The van der Waals surface area contributed by atoms with Crippen LogP contribution in [0.25, 0.3) is 0 Å². The van der Waals surface area contributed by atoms with Crippen molar-refractivity contribution in [3.63, 3.8) is 0 Å². The van der Waals surface area contributed by atoms with Crippen LogP contribution in [0, 0.1) is 0 Å². The van der Waals surface area contributed by atoms with Crippen molar-refractivity contribution >= 4 is 0 Å². The lowest BCUT2D eigenvalue weighted by molar-refractivity contribution is -0.0775. The summed E-state index contributed by atoms with van der Waals surface area (Å²) < 4.78 is 11.8. The molecule has 0 radical (unpaired) electrons. The first kappa shape index (κ1) is 13.3. The third kappa shape index (κ3) is 4.23. The van der Waals surface area contributed by atoms with Crippen molar-refractivity contribution in [3.8, 4) is 0 Å². The normalized spacial score (nSPS) is 34.8. The number of hydrogen-bond donors (Lipinski definition) is 1. The van der Waals surface area contributed by atoms with E-state index in [1.807, 2.05) is 0 Å². The van der Waals surface area contributed by atoms with Gasteiger partial charge in [0.1, 0.15) is 0 Å². The van der Waals surface area contributed by atoms with Gasteiger partial charge >= 0.3 is 0 Å². The van der Waals surface area contributed by atoms with E-state index >= 15 is 0 Å². The predicted octanol–water partition coefficient (Wildman–Crippen LogP) is 2.49. The van der Waals surface area contributed by atoms with Gasteiger partial charge in [-0.1, -0.05) is 19.8 Å². The van der Waals surface area contributed by atoms with E-state index in [-0.39, 0.29) is 0 Å². The van der Waals surface area contributed by atoms with Crippen LogP contribution in [-0.4, -0.2) is 38.0 Å². The van der Waals surface area contributed by atoms with Gasteiger partial charge in [0.2, 0.25) is 0 Å². The Morgan fingerprint density at radius 1 is 1.12 bits per heavy atom. The number of rotatable bonds is 5. The minimum atomic E-state index is 0.355. The molecule has 0 aromatic rings. The van der Waals surface area contributed by atoms with Crippen LogP contribution in [0.1, 0.15) is 51.9 Å². The molecule has 1 N–H and O–H groups in total. The molecule has 2 aliphatic rings. The molecule has 0 spiro atoms. The van der Waals surface area contributed by atoms with Crippen LogP contribution in [0.2, 0.25) is 0 Å². The summed E-state index contributed by atoms with van der Waals surface area (Å²) in [7, 11) is 0. The van der Waals surface area contributed by atoms with Crippen LogP contribution in [0.15, 0.2) is 0 Å². The van der Waals surface area contributed by atoms with Gasteiger partial charge in [-0.05, 0) is 38.6 Å². The SMILES string of the molecule is CCNC1CCCCC1OCC1CCCCO1. The van der Waals surface area contributed by atoms with Gasteiger partial charge in [0.05, 0.1) is 18.8 Å². The van der Waals surface area contributed by atoms with Gasteiger partial charge in [0, 0.05) is 12.6 Å². The fourth-order valence-corrected chi connectivity index (χ4v) is 2.96. The third-order valence-corrected chi connectivity index (χ3v) is 3.94. The van der Waals surface area contributed by atoms with Crippen LogP contribution in [-0.2, 0) is 9.47 Å². The average molecular weight is 241 g/mol. The Morgan fingerprint density at radius 2 is 1.94 bits per heavy atom. The predicted molar refractivity (Wildman–Crippen MR) is 69.3 cm³/mol. The van der Waals surface area contributed by atoms with Crippen LogP contribution >= 0.6 is 0 Å². The van der Waals surface area contributed by atoms with Gasteiger partial charge in [-0.15, -0.1) is 0 Å². The maximum atomic E-state index is 6.10. The van der Waals surface area contributed by atoms with E-state index in [9.17, 15) is 0 Å². The molecule has 1 heterocycles. The molecular weight excluding hydrogens is 214 g/mol. The first-order valence-electron chi connectivity index (χ1n) is 7.36. The van der Waals surface area contributed by atoms with E-state index in [4.69, 9.17) is 9.47 Å². The smallest absolute Gasteiger partial charge is 0.0808 e. The molecular formula is C14H27NO2. The van der Waals surface area contributed by atoms with Gasteiger partial charge in [0.25, 0.3) is 0 Å². The Hall–Kier alpha value is -0.120. The standard InChI is InChI=1S/C14H27NO2/c1-2-15-13-8-3-4-9-14(13)17-11-12-7-5-6-10-16-12/h12-15H,2-11H2,1H3. The molecule has 0 bridgehead atoms. The number of likely N-dealkylation sites (N-methyl/N-ethyl adjacent to an activating group) is 1. The van der Waals surface area contributed by atoms with E-state index < -0.39 is 0 Å². The zero-order valence-electron chi connectivity index (χ0n) is 11.1. The summed E-state index contributed by atoms with van der Waals surface area (Å²) >= 11 is 0. The lowest BCUT2D eigenvalue weighted by atomic mass is 9.92. The first-order valence-corrected chi connectivity index (χ1v) is 7.36. The van der Waals surface area contributed by atoms with Crippen molar-refractivity contribution in [2.45, 2.75) is 70.1 Å². The first-order chi connectivity index (χ1) is 8.40. The van der Waals surface area contributed by atoms with Crippen LogP contribution < -0.4 is 5.32 Å². The lowest BCUT2D eigenvalue weighted by Crippen LogP contribution is -2.44. The molecule has 2 fully saturated rings. The molecule has 3 unspecified atom stereocenters. The molecule has 2 rings (SSSR count). The van der Waals surface area contributed by atoms with Crippen molar-refractivity contribution in [3.05, 3.63) is 0 Å². The van der Waals surface area contributed by atoms with E-state index in [1.54, 1.807) is 0 Å². The molecule has 1 aliphatic carbocycles. The van der Waals surface area contributed by atoms with Crippen molar-refractivity contribution in [1.29, 1.82) is 0 Å². The number of ether oxygens (including phenoxy) is 2. The zero-order chi connectivity index (χ0) is 11.9. The molecule has 0 aromatic carbocycles. The Labute approximate surface area is 105 Å². The van der Waals surface area contributed by atoms with Crippen LogP contribution in [0.5, 0.6) is 0 Å². The Morgan fingerprint density at radius 3 is 2.71 bits per heavy atom. The summed E-state index contributed by atoms with van der Waals surface area (Å²) in [6, 6.07) is 0.567. The van der Waals surface area contributed by atoms with Gasteiger partial charge < -0.3 is 14.8 Å². The fourth-order valence-electron chi connectivity index (χ4n) is 2.96. The Balaban J connectivity index is 1.71. The van der Waals surface area contributed by atoms with Gasteiger partial charge in [-0.25, -0.2) is 0 Å². The highest BCUT2D eigenvalue weighted by molar-refractivity contribution is 4.82. The second kappa shape index (κ2) is 7.34. The highest BCUT2D eigenvalue weighted by Crippen LogP contribution is 2.22. The minimum Gasteiger partial charge on any atom is -0.376 e. The molecule has 17 heavy (non-hydrogen) atoms. The fraction of sp³-hybridized carbons (Fsp3) is 1.00. The van der Waals surface area contributed by atoms with E-state index in [0.717, 1.165) is 19.8 Å².